The summed E-state index contributed by atoms with van der Waals surface area (Å²) < 4.78 is 0. The van der Waals surface area contributed by atoms with E-state index < -0.39 is 0 Å². The van der Waals surface area contributed by atoms with E-state index in [2.05, 4.69) is 46.4 Å². The van der Waals surface area contributed by atoms with Crippen LogP contribution in [0.1, 0.15) is 24.1 Å². The smallest absolute Gasteiger partial charge is 0.123 e. The highest BCUT2D eigenvalue weighted by molar-refractivity contribution is 7.13. The van der Waals surface area contributed by atoms with Gasteiger partial charge in [0.15, 0.2) is 0 Å². The summed E-state index contributed by atoms with van der Waals surface area (Å²) in [5.74, 6) is 0. The van der Waals surface area contributed by atoms with Gasteiger partial charge in [0.1, 0.15) is 5.01 Å². The Morgan fingerprint density at radius 1 is 1.27 bits per heavy atom. The lowest BCUT2D eigenvalue weighted by atomic mass is 10.1. The number of piperazine rings is 1. The van der Waals surface area contributed by atoms with E-state index in [4.69, 9.17) is 4.98 Å². The van der Waals surface area contributed by atoms with Crippen LogP contribution in [0.2, 0.25) is 0 Å². The molecule has 1 aromatic carbocycles. The van der Waals surface area contributed by atoms with Gasteiger partial charge in [0.2, 0.25) is 0 Å². The lowest BCUT2D eigenvalue weighted by molar-refractivity contribution is 0.0986. The van der Waals surface area contributed by atoms with Gasteiger partial charge in [0, 0.05) is 43.2 Å². The Kier molecular flexibility index (Phi) is 3.99. The van der Waals surface area contributed by atoms with Crippen LogP contribution in [0, 0.1) is 6.92 Å². The highest BCUT2D eigenvalue weighted by atomic mass is 32.1. The van der Waals surface area contributed by atoms with Crippen molar-refractivity contribution >= 4 is 11.3 Å². The van der Waals surface area contributed by atoms with Crippen LogP contribution in [0.25, 0.3) is 10.6 Å². The van der Waals surface area contributed by atoms with Crippen molar-refractivity contribution in [1.29, 1.82) is 0 Å². The van der Waals surface area contributed by atoms with Gasteiger partial charge in [0.25, 0.3) is 0 Å². The molecule has 4 rings (SSSR count). The van der Waals surface area contributed by atoms with E-state index in [9.17, 15) is 0 Å². The third-order valence-electron chi connectivity index (χ3n) is 4.87. The predicted octanol–water partition coefficient (Wildman–Crippen LogP) is 3.40. The molecule has 22 heavy (non-hydrogen) atoms. The summed E-state index contributed by atoms with van der Waals surface area (Å²) in [6.07, 6.45) is 2.76. The Hall–Kier alpha value is -1.23. The maximum Gasteiger partial charge on any atom is 0.123 e. The largest absolute Gasteiger partial charge is 0.298 e. The van der Waals surface area contributed by atoms with Crippen LogP contribution in [0.4, 0.5) is 0 Å². The fourth-order valence-electron chi connectivity index (χ4n) is 3.72. The predicted molar refractivity (Wildman–Crippen MR) is 92.2 cm³/mol. The van der Waals surface area contributed by atoms with E-state index in [1.54, 1.807) is 11.3 Å². The molecule has 0 radical (unpaired) electrons. The van der Waals surface area contributed by atoms with Crippen LogP contribution < -0.4 is 0 Å². The number of aryl methyl sites for hydroxylation is 1. The van der Waals surface area contributed by atoms with Crippen molar-refractivity contribution in [1.82, 2.24) is 14.8 Å². The SMILES string of the molecule is Cc1cccc(-c2nc(CN3CCN4CCCC4C3)cs2)c1. The summed E-state index contributed by atoms with van der Waals surface area (Å²) in [4.78, 5) is 10.1. The molecule has 3 nitrogen and oxygen atoms in total. The first-order valence-corrected chi connectivity index (χ1v) is 9.14. The van der Waals surface area contributed by atoms with Gasteiger partial charge in [-0.1, -0.05) is 23.8 Å². The Morgan fingerprint density at radius 2 is 2.23 bits per heavy atom. The van der Waals surface area contributed by atoms with E-state index in [1.165, 1.54) is 55.8 Å². The van der Waals surface area contributed by atoms with Crippen LogP contribution in [-0.4, -0.2) is 47.0 Å². The number of hydrogen-bond donors (Lipinski definition) is 0. The lowest BCUT2D eigenvalue weighted by Crippen LogP contribution is -2.49. The maximum atomic E-state index is 4.86. The van der Waals surface area contributed by atoms with Crippen molar-refractivity contribution < 1.29 is 0 Å². The van der Waals surface area contributed by atoms with Gasteiger partial charge in [-0.3, -0.25) is 9.80 Å². The zero-order valence-corrected chi connectivity index (χ0v) is 14.0. The maximum absolute atomic E-state index is 4.86. The molecule has 0 spiro atoms. The molecule has 0 saturated carbocycles. The van der Waals surface area contributed by atoms with Crippen molar-refractivity contribution in [3.05, 3.63) is 40.9 Å². The molecular weight excluding hydrogens is 290 g/mol. The number of benzene rings is 1. The number of fused-ring (bicyclic) bond motifs is 1. The monoisotopic (exact) mass is 313 g/mol. The molecule has 0 amide bonds. The van der Waals surface area contributed by atoms with Crippen LogP contribution in [0.5, 0.6) is 0 Å². The first-order valence-electron chi connectivity index (χ1n) is 8.26. The fraction of sp³-hybridized carbons (Fsp3) is 0.500. The summed E-state index contributed by atoms with van der Waals surface area (Å²) in [6, 6.07) is 9.43. The van der Waals surface area contributed by atoms with Crippen molar-refractivity contribution in [2.75, 3.05) is 26.2 Å². The molecule has 2 fully saturated rings. The minimum atomic E-state index is 0.795. The standard InChI is InChI=1S/C18H23N3S/c1-14-4-2-5-15(10-14)18-19-16(13-22-18)11-20-8-9-21-7-3-6-17(21)12-20/h2,4-5,10,13,17H,3,6-9,11-12H2,1H3. The van der Waals surface area contributed by atoms with E-state index in [0.29, 0.717) is 0 Å². The van der Waals surface area contributed by atoms with Gasteiger partial charge < -0.3 is 0 Å². The third-order valence-corrected chi connectivity index (χ3v) is 5.81. The Morgan fingerprint density at radius 3 is 3.14 bits per heavy atom. The second kappa shape index (κ2) is 6.11. The molecule has 2 aliphatic heterocycles. The fourth-order valence-corrected chi connectivity index (χ4v) is 4.53. The molecule has 1 atom stereocenters. The summed E-state index contributed by atoms with van der Waals surface area (Å²) >= 11 is 1.77. The summed E-state index contributed by atoms with van der Waals surface area (Å²) in [7, 11) is 0. The van der Waals surface area contributed by atoms with E-state index in [1.807, 2.05) is 0 Å². The van der Waals surface area contributed by atoms with Gasteiger partial charge in [-0.25, -0.2) is 4.98 Å². The van der Waals surface area contributed by atoms with Crippen LogP contribution in [0.15, 0.2) is 29.6 Å². The third kappa shape index (κ3) is 2.96. The molecule has 1 aromatic heterocycles. The van der Waals surface area contributed by atoms with Gasteiger partial charge in [0.05, 0.1) is 5.69 Å². The quantitative estimate of drug-likeness (QED) is 0.866. The van der Waals surface area contributed by atoms with Crippen LogP contribution >= 0.6 is 11.3 Å². The minimum absolute atomic E-state index is 0.795. The molecule has 116 valence electrons. The Labute approximate surface area is 136 Å². The molecule has 0 bridgehead atoms. The summed E-state index contributed by atoms with van der Waals surface area (Å²) in [5, 5.41) is 3.39. The molecule has 2 saturated heterocycles. The second-order valence-electron chi connectivity index (χ2n) is 6.58. The Bertz CT molecular complexity index is 651. The number of nitrogens with zero attached hydrogens (tertiary/aromatic N) is 3. The molecular formula is C18H23N3S. The van der Waals surface area contributed by atoms with Crippen LogP contribution in [0.3, 0.4) is 0 Å². The lowest BCUT2D eigenvalue weighted by Gasteiger charge is -2.37. The highest BCUT2D eigenvalue weighted by Gasteiger charge is 2.30. The Balaban J connectivity index is 1.44. The molecule has 3 heterocycles. The van der Waals surface area contributed by atoms with Gasteiger partial charge >= 0.3 is 0 Å². The second-order valence-corrected chi connectivity index (χ2v) is 7.44. The van der Waals surface area contributed by atoms with Gasteiger partial charge in [-0.2, -0.15) is 0 Å². The molecule has 1 unspecified atom stereocenters. The highest BCUT2D eigenvalue weighted by Crippen LogP contribution is 2.26. The molecule has 2 aliphatic rings. The van der Waals surface area contributed by atoms with E-state index >= 15 is 0 Å². The normalized spacial score (nSPS) is 22.9. The summed E-state index contributed by atoms with van der Waals surface area (Å²) in [5.41, 5.74) is 3.77. The number of aromatic nitrogens is 1. The molecule has 4 heteroatoms. The zero-order valence-electron chi connectivity index (χ0n) is 13.2. The first kappa shape index (κ1) is 14.4. The van der Waals surface area contributed by atoms with Crippen molar-refractivity contribution in [2.24, 2.45) is 0 Å². The van der Waals surface area contributed by atoms with E-state index in [-0.39, 0.29) is 0 Å². The molecule has 2 aromatic rings. The molecule has 0 aliphatic carbocycles. The number of hydrogen-bond acceptors (Lipinski definition) is 4. The average molecular weight is 313 g/mol. The number of thiazole rings is 1. The van der Waals surface area contributed by atoms with Crippen molar-refractivity contribution in [2.45, 2.75) is 32.4 Å². The molecule has 0 N–H and O–H groups in total. The van der Waals surface area contributed by atoms with Gasteiger partial charge in [-0.15, -0.1) is 11.3 Å². The summed E-state index contributed by atoms with van der Waals surface area (Å²) in [6.45, 7) is 8.10. The number of rotatable bonds is 3. The van der Waals surface area contributed by atoms with Crippen molar-refractivity contribution in [3.63, 3.8) is 0 Å². The topological polar surface area (TPSA) is 19.4 Å². The first-order chi connectivity index (χ1) is 10.8. The van der Waals surface area contributed by atoms with E-state index in [0.717, 1.165) is 17.6 Å². The van der Waals surface area contributed by atoms with Gasteiger partial charge in [-0.05, 0) is 32.4 Å². The minimum Gasteiger partial charge on any atom is -0.298 e. The van der Waals surface area contributed by atoms with Crippen molar-refractivity contribution in [3.8, 4) is 10.6 Å². The van der Waals surface area contributed by atoms with Crippen LogP contribution in [-0.2, 0) is 6.54 Å². The average Bonchev–Trinajstić information content (AvgIpc) is 3.16. The zero-order chi connectivity index (χ0) is 14.9.